The number of ether oxygens (including phenoxy) is 1. The number of aryl methyl sites for hydroxylation is 1. The molecule has 2 aromatic rings. The van der Waals surface area contributed by atoms with E-state index in [2.05, 4.69) is 5.32 Å². The fourth-order valence-electron chi connectivity index (χ4n) is 5.77. The molecule has 1 spiro atoms. The number of rotatable bonds is 4. The number of amides is 3. The summed E-state index contributed by atoms with van der Waals surface area (Å²) in [5.41, 5.74) is 1.98. The van der Waals surface area contributed by atoms with E-state index in [9.17, 15) is 27.6 Å². The van der Waals surface area contributed by atoms with Crippen molar-refractivity contribution in [2.45, 2.75) is 44.1 Å². The Morgan fingerprint density at radius 3 is 2.23 bits per heavy atom. The summed E-state index contributed by atoms with van der Waals surface area (Å²) in [4.78, 5) is 52.3. The minimum absolute atomic E-state index is 0.0920. The van der Waals surface area contributed by atoms with Crippen LogP contribution < -0.4 is 10.1 Å². The maximum Gasteiger partial charge on any atom is 0.490 e. The molecule has 12 heteroatoms. The molecule has 9 nitrogen and oxygen atoms in total. The van der Waals surface area contributed by atoms with Crippen LogP contribution in [0, 0.1) is 18.8 Å². The number of alkyl halides is 3. The number of aliphatic carboxylic acids is 1. The van der Waals surface area contributed by atoms with Gasteiger partial charge in [-0.25, -0.2) is 4.79 Å². The summed E-state index contributed by atoms with van der Waals surface area (Å²) < 4.78 is 37.0. The van der Waals surface area contributed by atoms with Gasteiger partial charge in [0.1, 0.15) is 11.3 Å². The largest absolute Gasteiger partial charge is 0.497 e. The number of benzene rings is 2. The molecule has 40 heavy (non-hydrogen) atoms. The first-order chi connectivity index (χ1) is 18.8. The van der Waals surface area contributed by atoms with Crippen LogP contribution in [0.4, 0.5) is 13.2 Å². The summed E-state index contributed by atoms with van der Waals surface area (Å²) in [6.45, 7) is 3.09. The Morgan fingerprint density at radius 2 is 1.68 bits per heavy atom. The van der Waals surface area contributed by atoms with Gasteiger partial charge in [-0.3, -0.25) is 24.6 Å². The number of likely N-dealkylation sites (tertiary alicyclic amines) is 2. The van der Waals surface area contributed by atoms with Gasteiger partial charge in [-0.2, -0.15) is 13.2 Å². The predicted octanol–water partition coefficient (Wildman–Crippen LogP) is 3.07. The number of nitrogens with zero attached hydrogens (tertiary/aromatic N) is 2. The van der Waals surface area contributed by atoms with Crippen molar-refractivity contribution in [2.24, 2.45) is 11.8 Å². The van der Waals surface area contributed by atoms with E-state index in [0.29, 0.717) is 19.5 Å². The van der Waals surface area contributed by atoms with Crippen molar-refractivity contribution in [1.82, 2.24) is 15.1 Å². The molecule has 3 saturated heterocycles. The number of imide groups is 1. The topological polar surface area (TPSA) is 116 Å². The van der Waals surface area contributed by atoms with Crippen molar-refractivity contribution in [1.29, 1.82) is 0 Å². The Hall–Kier alpha value is -3.93. The Morgan fingerprint density at radius 1 is 1.07 bits per heavy atom. The molecule has 0 unspecified atom stereocenters. The zero-order chi connectivity index (χ0) is 29.4. The molecule has 0 saturated carbocycles. The highest BCUT2D eigenvalue weighted by atomic mass is 19.4. The number of nitrogens with one attached hydrogen (secondary N) is 1. The predicted molar refractivity (Wildman–Crippen MR) is 136 cm³/mol. The van der Waals surface area contributed by atoms with E-state index in [0.717, 1.165) is 28.9 Å². The first kappa shape index (κ1) is 29.1. The van der Waals surface area contributed by atoms with Crippen molar-refractivity contribution in [2.75, 3.05) is 20.7 Å². The van der Waals surface area contributed by atoms with Crippen LogP contribution >= 0.6 is 0 Å². The molecule has 4 atom stereocenters. The fourth-order valence-corrected chi connectivity index (χ4v) is 5.77. The fraction of sp³-hybridized carbons (Fsp3) is 0.429. The highest BCUT2D eigenvalue weighted by Crippen LogP contribution is 2.51. The molecule has 3 heterocycles. The number of carbonyl (C=O) groups excluding carboxylic acids is 3. The molecular formula is C28H30F3N3O6. The number of piperidine rings is 1. The molecule has 0 aliphatic carbocycles. The van der Waals surface area contributed by atoms with E-state index in [1.807, 2.05) is 60.4 Å². The van der Waals surface area contributed by atoms with Crippen molar-refractivity contribution in [3.63, 3.8) is 0 Å². The maximum atomic E-state index is 14.0. The second-order valence-corrected chi connectivity index (χ2v) is 10.2. The molecule has 3 aliphatic heterocycles. The van der Waals surface area contributed by atoms with Crippen molar-refractivity contribution in [3.05, 3.63) is 65.2 Å². The lowest BCUT2D eigenvalue weighted by Crippen LogP contribution is -2.63. The summed E-state index contributed by atoms with van der Waals surface area (Å²) in [7, 11) is 3.15. The van der Waals surface area contributed by atoms with E-state index < -0.39 is 29.5 Å². The summed E-state index contributed by atoms with van der Waals surface area (Å²) in [5.74, 6) is -3.81. The van der Waals surface area contributed by atoms with Crippen LogP contribution in [-0.4, -0.2) is 71.0 Å². The van der Waals surface area contributed by atoms with Gasteiger partial charge in [0.2, 0.25) is 17.7 Å². The van der Waals surface area contributed by atoms with Gasteiger partial charge in [0.25, 0.3) is 0 Å². The van der Waals surface area contributed by atoms with Gasteiger partial charge < -0.3 is 14.7 Å². The van der Waals surface area contributed by atoms with Crippen molar-refractivity contribution < 1.29 is 42.2 Å². The third-order valence-electron chi connectivity index (χ3n) is 7.75. The third-order valence-corrected chi connectivity index (χ3v) is 7.75. The van der Waals surface area contributed by atoms with Crippen LogP contribution in [0.3, 0.4) is 0 Å². The minimum atomic E-state index is -5.08. The van der Waals surface area contributed by atoms with Gasteiger partial charge in [0, 0.05) is 26.2 Å². The Balaban J connectivity index is 0.000000470. The van der Waals surface area contributed by atoms with Crippen molar-refractivity contribution >= 4 is 23.7 Å². The summed E-state index contributed by atoms with van der Waals surface area (Å²) in [5, 5.41) is 10.7. The molecule has 0 radical (unpaired) electrons. The van der Waals surface area contributed by atoms with Crippen LogP contribution in [0.5, 0.6) is 5.75 Å². The standard InChI is InChI=1S/C26H29N3O4.C2HF3O2/c1-16-5-9-18(10-6-16)22-20-21(24(31)28(2)23(20)30)26(27-22)13-4-14-29(25(26)32)15-17-7-11-19(33-3)12-8-17;3-2(4,5)1(6)7/h5-12,20-22,27H,4,13-15H2,1-3H3;(H,6,7)/t20-,21-,22-,26-;/m1./s1. The molecular weight excluding hydrogens is 531 g/mol. The number of fused-ring (bicyclic) bond motifs is 2. The Bertz CT molecular complexity index is 1300. The average molecular weight is 562 g/mol. The quantitative estimate of drug-likeness (QED) is 0.552. The lowest BCUT2D eigenvalue weighted by Gasteiger charge is -2.42. The summed E-state index contributed by atoms with van der Waals surface area (Å²) >= 11 is 0. The smallest absolute Gasteiger partial charge is 0.490 e. The Labute approximate surface area is 228 Å². The summed E-state index contributed by atoms with van der Waals surface area (Å²) in [6.07, 6.45) is -3.77. The summed E-state index contributed by atoms with van der Waals surface area (Å²) in [6, 6.07) is 15.3. The number of carboxylic acids is 1. The van der Waals surface area contributed by atoms with Crippen LogP contribution in [0.1, 0.15) is 35.6 Å². The molecule has 3 fully saturated rings. The lowest BCUT2D eigenvalue weighted by molar-refractivity contribution is -0.192. The molecule has 0 bridgehead atoms. The second kappa shape index (κ2) is 10.9. The zero-order valence-electron chi connectivity index (χ0n) is 22.2. The molecule has 3 aliphatic rings. The molecule has 2 N–H and O–H groups in total. The van der Waals surface area contributed by atoms with Crippen LogP contribution in [0.25, 0.3) is 0 Å². The zero-order valence-corrected chi connectivity index (χ0v) is 22.2. The molecule has 2 aromatic carbocycles. The van der Waals surface area contributed by atoms with Gasteiger partial charge in [-0.1, -0.05) is 42.0 Å². The monoisotopic (exact) mass is 561 g/mol. The maximum absolute atomic E-state index is 14.0. The molecule has 5 rings (SSSR count). The first-order valence-corrected chi connectivity index (χ1v) is 12.7. The Kier molecular flexibility index (Phi) is 7.93. The van der Waals surface area contributed by atoms with Gasteiger partial charge in [-0.05, 0) is 43.0 Å². The van der Waals surface area contributed by atoms with Gasteiger partial charge >= 0.3 is 12.1 Å². The number of methoxy groups -OCH3 is 1. The van der Waals surface area contributed by atoms with E-state index in [1.165, 1.54) is 11.9 Å². The van der Waals surface area contributed by atoms with E-state index in [-0.39, 0.29) is 23.8 Å². The van der Waals surface area contributed by atoms with E-state index in [4.69, 9.17) is 14.6 Å². The third kappa shape index (κ3) is 5.27. The van der Waals surface area contributed by atoms with Crippen LogP contribution in [-0.2, 0) is 25.7 Å². The highest BCUT2D eigenvalue weighted by molar-refractivity contribution is 6.10. The van der Waals surface area contributed by atoms with E-state index in [1.54, 1.807) is 7.11 Å². The highest BCUT2D eigenvalue weighted by Gasteiger charge is 2.68. The minimum Gasteiger partial charge on any atom is -0.497 e. The lowest BCUT2D eigenvalue weighted by atomic mass is 9.74. The number of hydrogen-bond acceptors (Lipinski definition) is 6. The van der Waals surface area contributed by atoms with Gasteiger partial charge in [0.05, 0.1) is 18.9 Å². The SMILES string of the molecule is COc1ccc(CN2CCC[C@]3(N[C@H](c4ccc(C)cc4)[C@@H]4C(=O)N(C)C(=O)[C@@H]43)C2=O)cc1.O=C(O)C(F)(F)F. The van der Waals surface area contributed by atoms with Crippen molar-refractivity contribution in [3.8, 4) is 5.75 Å². The first-order valence-electron chi connectivity index (χ1n) is 12.7. The number of hydrogen-bond donors (Lipinski definition) is 2. The second-order valence-electron chi connectivity index (χ2n) is 10.2. The molecule has 214 valence electrons. The number of carbonyl (C=O) groups is 4. The van der Waals surface area contributed by atoms with E-state index >= 15 is 0 Å². The number of carboxylic acid groups (broad SMARTS) is 1. The molecule has 3 amide bonds. The average Bonchev–Trinajstić information content (AvgIpc) is 3.37. The normalized spacial score (nSPS) is 26.1. The molecule has 0 aromatic heterocycles. The van der Waals surface area contributed by atoms with Crippen LogP contribution in [0.2, 0.25) is 0 Å². The van der Waals surface area contributed by atoms with Gasteiger partial charge in [0.15, 0.2) is 0 Å². The number of halogens is 3. The van der Waals surface area contributed by atoms with Crippen LogP contribution in [0.15, 0.2) is 48.5 Å². The van der Waals surface area contributed by atoms with Gasteiger partial charge in [-0.15, -0.1) is 0 Å².